The topological polar surface area (TPSA) is 88.8 Å². The molecule has 0 bridgehead atoms. The monoisotopic (exact) mass is 275 g/mol. The predicted octanol–water partition coefficient (Wildman–Crippen LogP) is 1.75. The molecule has 1 heterocycles. The fourth-order valence-electron chi connectivity index (χ4n) is 2.40. The number of benzene rings is 1. The van der Waals surface area contributed by atoms with Gasteiger partial charge < -0.3 is 19.5 Å². The number of nitrogens with zero attached hydrogens (tertiary/aromatic N) is 1. The number of hydrogen-bond acceptors (Lipinski definition) is 4. The van der Waals surface area contributed by atoms with Crippen LogP contribution >= 0.6 is 0 Å². The summed E-state index contributed by atoms with van der Waals surface area (Å²) < 4.78 is 6.90. The number of aromatic hydroxyl groups is 1. The summed E-state index contributed by atoms with van der Waals surface area (Å²) in [5, 5.41) is 19.2. The van der Waals surface area contributed by atoms with Crippen LogP contribution < -0.4 is 10.2 Å². The van der Waals surface area contributed by atoms with Crippen molar-refractivity contribution in [3.63, 3.8) is 0 Å². The summed E-state index contributed by atoms with van der Waals surface area (Å²) in [5.41, 5.74) is -0.384. The summed E-state index contributed by atoms with van der Waals surface area (Å²) in [6.07, 6.45) is 3.16. The van der Waals surface area contributed by atoms with Crippen LogP contribution in [0.4, 0.5) is 0 Å². The van der Waals surface area contributed by atoms with Crippen molar-refractivity contribution < 1.29 is 19.7 Å². The van der Waals surface area contributed by atoms with E-state index < -0.39 is 11.4 Å². The van der Waals surface area contributed by atoms with Gasteiger partial charge in [0.2, 0.25) is 5.43 Å². The molecular weight excluding hydrogens is 262 g/mol. The summed E-state index contributed by atoms with van der Waals surface area (Å²) in [6, 6.07) is 2.92. The van der Waals surface area contributed by atoms with Crippen LogP contribution in [0.5, 0.6) is 11.5 Å². The minimum Gasteiger partial charge on any atom is -0.504 e. The van der Waals surface area contributed by atoms with E-state index in [0.29, 0.717) is 5.52 Å². The standard InChI is InChI=1S/C14H13NO5/c1-20-13-10(16)5-4-8-11(13)15(7-2-3-7)6-9(12(8)17)14(18)19/h4-7,16H,2-3H2,1H3,(H,18,19). The first-order chi connectivity index (χ1) is 9.54. The zero-order valence-electron chi connectivity index (χ0n) is 10.8. The molecule has 0 radical (unpaired) electrons. The molecule has 6 nitrogen and oxygen atoms in total. The Balaban J connectivity index is 2.48. The number of aromatic carboxylic acids is 1. The molecule has 2 N–H and O–H groups in total. The lowest BCUT2D eigenvalue weighted by Gasteiger charge is -2.15. The zero-order chi connectivity index (χ0) is 14.4. The van der Waals surface area contributed by atoms with Gasteiger partial charge in [0.25, 0.3) is 0 Å². The number of aromatic nitrogens is 1. The normalized spacial score (nSPS) is 14.4. The van der Waals surface area contributed by atoms with E-state index in [0.717, 1.165) is 12.8 Å². The van der Waals surface area contributed by atoms with Gasteiger partial charge >= 0.3 is 5.97 Å². The van der Waals surface area contributed by atoms with Crippen LogP contribution in [-0.2, 0) is 0 Å². The van der Waals surface area contributed by atoms with E-state index in [1.54, 1.807) is 4.57 Å². The molecule has 1 aliphatic rings. The van der Waals surface area contributed by atoms with Gasteiger partial charge in [-0.05, 0) is 25.0 Å². The second kappa shape index (κ2) is 4.26. The minimum absolute atomic E-state index is 0.0723. The van der Waals surface area contributed by atoms with Crippen molar-refractivity contribution in [2.45, 2.75) is 18.9 Å². The van der Waals surface area contributed by atoms with E-state index in [2.05, 4.69) is 0 Å². The maximum atomic E-state index is 12.2. The second-order valence-electron chi connectivity index (χ2n) is 4.83. The van der Waals surface area contributed by atoms with Crippen LogP contribution in [0.3, 0.4) is 0 Å². The van der Waals surface area contributed by atoms with E-state index in [-0.39, 0.29) is 28.5 Å². The number of carbonyl (C=O) groups is 1. The Hall–Kier alpha value is -2.50. The van der Waals surface area contributed by atoms with E-state index in [1.807, 2.05) is 0 Å². The molecule has 104 valence electrons. The highest BCUT2D eigenvalue weighted by Crippen LogP contribution is 2.41. The van der Waals surface area contributed by atoms with Crippen molar-refractivity contribution in [3.05, 3.63) is 34.1 Å². The van der Waals surface area contributed by atoms with Gasteiger partial charge in [-0.1, -0.05) is 0 Å². The molecule has 1 fully saturated rings. The molecule has 0 unspecified atom stereocenters. The fraction of sp³-hybridized carbons (Fsp3) is 0.286. The maximum absolute atomic E-state index is 12.2. The van der Waals surface area contributed by atoms with E-state index in [4.69, 9.17) is 9.84 Å². The third kappa shape index (κ3) is 1.72. The number of fused-ring (bicyclic) bond motifs is 1. The Morgan fingerprint density at radius 1 is 1.40 bits per heavy atom. The zero-order valence-corrected chi connectivity index (χ0v) is 10.8. The molecule has 2 aromatic rings. The first-order valence-corrected chi connectivity index (χ1v) is 6.22. The van der Waals surface area contributed by atoms with Gasteiger partial charge in [0, 0.05) is 12.2 Å². The summed E-state index contributed by atoms with van der Waals surface area (Å²) in [7, 11) is 1.40. The molecule has 0 atom stereocenters. The molecule has 1 aliphatic carbocycles. The molecule has 0 aliphatic heterocycles. The fourth-order valence-corrected chi connectivity index (χ4v) is 2.40. The van der Waals surface area contributed by atoms with E-state index in [9.17, 15) is 14.7 Å². The van der Waals surface area contributed by atoms with Gasteiger partial charge in [-0.3, -0.25) is 4.79 Å². The van der Waals surface area contributed by atoms with Crippen molar-refractivity contribution in [1.29, 1.82) is 0 Å². The molecule has 0 saturated heterocycles. The maximum Gasteiger partial charge on any atom is 0.341 e. The number of ether oxygens (including phenoxy) is 1. The smallest absolute Gasteiger partial charge is 0.341 e. The summed E-state index contributed by atoms with van der Waals surface area (Å²) in [5.74, 6) is -1.13. The molecule has 1 aromatic carbocycles. The number of phenolic OH excluding ortho intramolecular Hbond substituents is 1. The number of pyridine rings is 1. The quantitative estimate of drug-likeness (QED) is 0.890. The van der Waals surface area contributed by atoms with Crippen LogP contribution in [0.25, 0.3) is 10.9 Å². The van der Waals surface area contributed by atoms with Gasteiger partial charge in [-0.2, -0.15) is 0 Å². The van der Waals surface area contributed by atoms with Gasteiger partial charge in [0.05, 0.1) is 18.0 Å². The highest BCUT2D eigenvalue weighted by atomic mass is 16.5. The number of rotatable bonds is 3. The third-order valence-corrected chi connectivity index (χ3v) is 3.50. The van der Waals surface area contributed by atoms with Crippen LogP contribution in [0.1, 0.15) is 29.2 Å². The van der Waals surface area contributed by atoms with Crippen molar-refractivity contribution in [2.75, 3.05) is 7.11 Å². The summed E-state index contributed by atoms with van der Waals surface area (Å²) in [4.78, 5) is 23.4. The molecular formula is C14H13NO5. The lowest BCUT2D eigenvalue weighted by molar-refractivity contribution is 0.0695. The first kappa shape index (κ1) is 12.5. The van der Waals surface area contributed by atoms with Crippen LogP contribution in [0.2, 0.25) is 0 Å². The van der Waals surface area contributed by atoms with Crippen LogP contribution in [0, 0.1) is 0 Å². The molecule has 1 aromatic heterocycles. The number of hydrogen-bond donors (Lipinski definition) is 2. The Morgan fingerprint density at radius 3 is 2.65 bits per heavy atom. The van der Waals surface area contributed by atoms with Crippen LogP contribution in [0.15, 0.2) is 23.1 Å². The highest BCUT2D eigenvalue weighted by Gasteiger charge is 2.28. The van der Waals surface area contributed by atoms with Crippen molar-refractivity contribution in [2.24, 2.45) is 0 Å². The highest BCUT2D eigenvalue weighted by molar-refractivity contribution is 5.95. The molecule has 1 saturated carbocycles. The molecule has 0 amide bonds. The largest absolute Gasteiger partial charge is 0.504 e. The molecule has 3 rings (SSSR count). The van der Waals surface area contributed by atoms with Gasteiger partial charge in [-0.15, -0.1) is 0 Å². The molecule has 20 heavy (non-hydrogen) atoms. The number of carboxylic acids is 1. The number of carboxylic acid groups (broad SMARTS) is 1. The lowest BCUT2D eigenvalue weighted by atomic mass is 10.1. The lowest BCUT2D eigenvalue weighted by Crippen LogP contribution is -2.19. The minimum atomic E-state index is -1.25. The number of phenols is 1. The van der Waals surface area contributed by atoms with Crippen molar-refractivity contribution in [3.8, 4) is 11.5 Å². The predicted molar refractivity (Wildman–Crippen MR) is 71.7 cm³/mol. The van der Waals surface area contributed by atoms with Gasteiger partial charge in [0.15, 0.2) is 11.5 Å². The average molecular weight is 275 g/mol. The second-order valence-corrected chi connectivity index (χ2v) is 4.83. The summed E-state index contributed by atoms with van der Waals surface area (Å²) in [6.45, 7) is 0. The Kier molecular flexibility index (Phi) is 2.67. The Morgan fingerprint density at radius 2 is 2.10 bits per heavy atom. The van der Waals surface area contributed by atoms with Gasteiger partial charge in [0.1, 0.15) is 5.56 Å². The molecule has 6 heteroatoms. The Bertz CT molecular complexity index is 773. The first-order valence-electron chi connectivity index (χ1n) is 6.22. The summed E-state index contributed by atoms with van der Waals surface area (Å²) >= 11 is 0. The van der Waals surface area contributed by atoms with E-state index in [1.165, 1.54) is 25.4 Å². The van der Waals surface area contributed by atoms with E-state index >= 15 is 0 Å². The van der Waals surface area contributed by atoms with Crippen LogP contribution in [-0.4, -0.2) is 27.9 Å². The average Bonchev–Trinajstić information content (AvgIpc) is 3.23. The molecule has 0 spiro atoms. The Labute approximate surface area is 113 Å². The van der Waals surface area contributed by atoms with Crippen molar-refractivity contribution >= 4 is 16.9 Å². The SMILES string of the molecule is COc1c(O)ccc2c(=O)c(C(=O)O)cn(C3CC3)c12. The van der Waals surface area contributed by atoms with Gasteiger partial charge in [-0.25, -0.2) is 4.79 Å². The number of methoxy groups -OCH3 is 1. The third-order valence-electron chi connectivity index (χ3n) is 3.50. The van der Waals surface area contributed by atoms with Crippen molar-refractivity contribution in [1.82, 2.24) is 4.57 Å².